The highest BCUT2D eigenvalue weighted by Gasteiger charge is 2.02. The van der Waals surface area contributed by atoms with Gasteiger partial charge < -0.3 is 10.6 Å². The Balaban J connectivity index is 0.00000288. The number of aryl methyl sites for hydroxylation is 4. The van der Waals surface area contributed by atoms with E-state index in [1.165, 1.54) is 5.69 Å². The Morgan fingerprint density at radius 3 is 2.58 bits per heavy atom. The second kappa shape index (κ2) is 10.7. The summed E-state index contributed by atoms with van der Waals surface area (Å²) in [5.74, 6) is 0.838. The van der Waals surface area contributed by atoms with E-state index in [0.717, 1.165) is 54.8 Å². The molecule has 0 saturated heterocycles. The Labute approximate surface area is 165 Å². The number of aliphatic imine (C=N–C) groups is 1. The summed E-state index contributed by atoms with van der Waals surface area (Å²) in [6.45, 7) is 8.77. The average Bonchev–Trinajstić information content (AvgIpc) is 3.07. The lowest BCUT2D eigenvalue weighted by Gasteiger charge is -2.11. The van der Waals surface area contributed by atoms with Gasteiger partial charge in [-0.1, -0.05) is 0 Å². The first-order valence-corrected chi connectivity index (χ1v) is 8.83. The minimum atomic E-state index is 0. The molecule has 0 spiro atoms. The van der Waals surface area contributed by atoms with Crippen molar-refractivity contribution < 1.29 is 0 Å². The van der Waals surface area contributed by atoms with E-state index in [9.17, 15) is 0 Å². The minimum Gasteiger partial charge on any atom is -0.356 e. The summed E-state index contributed by atoms with van der Waals surface area (Å²) in [6, 6.07) is 2.11. The van der Waals surface area contributed by atoms with Crippen molar-refractivity contribution in [2.75, 3.05) is 20.1 Å². The van der Waals surface area contributed by atoms with Crippen LogP contribution in [0.25, 0.3) is 0 Å². The number of thiazole rings is 1. The highest BCUT2D eigenvalue weighted by molar-refractivity contribution is 14.0. The molecule has 2 heterocycles. The third-order valence-electron chi connectivity index (χ3n) is 3.51. The van der Waals surface area contributed by atoms with Gasteiger partial charge in [0.15, 0.2) is 5.96 Å². The zero-order valence-electron chi connectivity index (χ0n) is 14.8. The molecule has 0 fully saturated rings. The largest absolute Gasteiger partial charge is 0.356 e. The summed E-state index contributed by atoms with van der Waals surface area (Å²) in [5.41, 5.74) is 3.42. The van der Waals surface area contributed by atoms with Crippen LogP contribution in [0.1, 0.15) is 28.5 Å². The van der Waals surface area contributed by atoms with Gasteiger partial charge in [0.2, 0.25) is 0 Å². The molecule has 0 aliphatic carbocycles. The quantitative estimate of drug-likeness (QED) is 0.288. The zero-order chi connectivity index (χ0) is 16.7. The van der Waals surface area contributed by atoms with Gasteiger partial charge in [-0.25, -0.2) is 4.98 Å². The fraction of sp³-hybridized carbons (Fsp3) is 0.562. The predicted molar refractivity (Wildman–Crippen MR) is 112 cm³/mol. The van der Waals surface area contributed by atoms with Gasteiger partial charge in [0, 0.05) is 44.2 Å². The van der Waals surface area contributed by atoms with Gasteiger partial charge in [-0.15, -0.1) is 35.3 Å². The van der Waals surface area contributed by atoms with Crippen LogP contribution >= 0.6 is 35.3 Å². The third-order valence-corrected chi connectivity index (χ3v) is 4.33. The van der Waals surface area contributed by atoms with Crippen molar-refractivity contribution in [3.8, 4) is 0 Å². The van der Waals surface area contributed by atoms with E-state index in [1.54, 1.807) is 18.4 Å². The standard InChI is InChI=1S/C16H26N6S.HI/c1-12-10-13(2)22(21-12)9-5-7-18-16(17-4)19-8-6-15-11-23-14(3)20-15;/h10-11H,5-9H2,1-4H3,(H2,17,18,19);1H. The molecule has 24 heavy (non-hydrogen) atoms. The Kier molecular flexibility index (Phi) is 9.27. The number of aromatic nitrogens is 3. The van der Waals surface area contributed by atoms with Crippen molar-refractivity contribution in [2.24, 2.45) is 4.99 Å². The van der Waals surface area contributed by atoms with Crippen LogP contribution in [0.3, 0.4) is 0 Å². The smallest absolute Gasteiger partial charge is 0.190 e. The predicted octanol–water partition coefficient (Wildman–Crippen LogP) is 2.68. The van der Waals surface area contributed by atoms with Crippen LogP contribution in [0.15, 0.2) is 16.4 Å². The van der Waals surface area contributed by atoms with Crippen LogP contribution in [0, 0.1) is 20.8 Å². The molecule has 2 rings (SSSR count). The summed E-state index contributed by atoms with van der Waals surface area (Å²) < 4.78 is 2.05. The van der Waals surface area contributed by atoms with Crippen molar-refractivity contribution in [1.29, 1.82) is 0 Å². The SMILES string of the molecule is CN=C(NCCCn1nc(C)cc1C)NCCc1csc(C)n1.I. The first-order chi connectivity index (χ1) is 11.1. The Morgan fingerprint density at radius 1 is 1.25 bits per heavy atom. The number of nitrogens with one attached hydrogen (secondary N) is 2. The van der Waals surface area contributed by atoms with E-state index in [-0.39, 0.29) is 24.0 Å². The Bertz CT molecular complexity index is 649. The maximum Gasteiger partial charge on any atom is 0.190 e. The molecule has 2 N–H and O–H groups in total. The molecule has 0 amide bonds. The molecule has 6 nitrogen and oxygen atoms in total. The molecule has 0 atom stereocenters. The van der Waals surface area contributed by atoms with Crippen LogP contribution < -0.4 is 10.6 Å². The summed E-state index contributed by atoms with van der Waals surface area (Å²) >= 11 is 1.69. The lowest BCUT2D eigenvalue weighted by molar-refractivity contribution is 0.555. The van der Waals surface area contributed by atoms with Gasteiger partial charge in [0.1, 0.15) is 0 Å². The van der Waals surface area contributed by atoms with Crippen LogP contribution in [-0.4, -0.2) is 40.9 Å². The van der Waals surface area contributed by atoms with Gasteiger partial charge in [0.25, 0.3) is 0 Å². The number of hydrogen-bond donors (Lipinski definition) is 2. The molecule has 134 valence electrons. The van der Waals surface area contributed by atoms with Crippen LogP contribution in [-0.2, 0) is 13.0 Å². The maximum absolute atomic E-state index is 4.47. The van der Waals surface area contributed by atoms with Crippen LogP contribution in [0.4, 0.5) is 0 Å². The Hall–Kier alpha value is -1.16. The van der Waals surface area contributed by atoms with Gasteiger partial charge in [-0.2, -0.15) is 5.10 Å². The molecular formula is C16H27IN6S. The first kappa shape index (κ1) is 20.9. The summed E-state index contributed by atoms with van der Waals surface area (Å²) in [7, 11) is 1.79. The van der Waals surface area contributed by atoms with Gasteiger partial charge in [-0.3, -0.25) is 9.67 Å². The molecule has 0 aliphatic rings. The molecule has 0 unspecified atom stereocenters. The summed E-state index contributed by atoms with van der Waals surface area (Å²) in [4.78, 5) is 8.71. The fourth-order valence-corrected chi connectivity index (χ4v) is 3.04. The van der Waals surface area contributed by atoms with Crippen molar-refractivity contribution >= 4 is 41.3 Å². The molecule has 2 aromatic rings. The molecule has 0 radical (unpaired) electrons. The van der Waals surface area contributed by atoms with Gasteiger partial charge in [-0.05, 0) is 33.3 Å². The highest BCUT2D eigenvalue weighted by atomic mass is 127. The molecule has 0 saturated carbocycles. The fourth-order valence-electron chi connectivity index (χ4n) is 2.39. The lowest BCUT2D eigenvalue weighted by Crippen LogP contribution is -2.39. The van der Waals surface area contributed by atoms with E-state index in [2.05, 4.69) is 48.8 Å². The minimum absolute atomic E-state index is 0. The van der Waals surface area contributed by atoms with Gasteiger partial charge >= 0.3 is 0 Å². The molecule has 0 aromatic carbocycles. The monoisotopic (exact) mass is 462 g/mol. The first-order valence-electron chi connectivity index (χ1n) is 7.95. The van der Waals surface area contributed by atoms with Crippen molar-refractivity contribution in [3.63, 3.8) is 0 Å². The number of halogens is 1. The van der Waals surface area contributed by atoms with E-state index in [1.807, 2.05) is 13.8 Å². The summed E-state index contributed by atoms with van der Waals surface area (Å²) in [6.07, 6.45) is 1.92. The maximum atomic E-state index is 4.47. The van der Waals surface area contributed by atoms with E-state index in [0.29, 0.717) is 0 Å². The number of nitrogens with zero attached hydrogens (tertiary/aromatic N) is 4. The van der Waals surface area contributed by atoms with Crippen molar-refractivity contribution in [2.45, 2.75) is 40.2 Å². The van der Waals surface area contributed by atoms with Crippen LogP contribution in [0.5, 0.6) is 0 Å². The topological polar surface area (TPSA) is 67.1 Å². The van der Waals surface area contributed by atoms with E-state index < -0.39 is 0 Å². The molecule has 0 aliphatic heterocycles. The van der Waals surface area contributed by atoms with Crippen LogP contribution in [0.2, 0.25) is 0 Å². The van der Waals surface area contributed by atoms with E-state index >= 15 is 0 Å². The normalized spacial score (nSPS) is 11.2. The number of guanidine groups is 1. The second-order valence-electron chi connectivity index (χ2n) is 5.54. The van der Waals surface area contributed by atoms with E-state index in [4.69, 9.17) is 0 Å². The molecule has 2 aromatic heterocycles. The Morgan fingerprint density at radius 2 is 2.00 bits per heavy atom. The van der Waals surface area contributed by atoms with Crippen molar-refractivity contribution in [1.82, 2.24) is 25.4 Å². The van der Waals surface area contributed by atoms with Crippen molar-refractivity contribution in [3.05, 3.63) is 33.5 Å². The number of rotatable bonds is 7. The number of hydrogen-bond acceptors (Lipinski definition) is 4. The summed E-state index contributed by atoms with van der Waals surface area (Å²) in [5, 5.41) is 14.4. The third kappa shape index (κ3) is 6.76. The molecule has 0 bridgehead atoms. The molecule has 8 heteroatoms. The highest BCUT2D eigenvalue weighted by Crippen LogP contribution is 2.07. The molecular weight excluding hydrogens is 435 g/mol. The zero-order valence-corrected chi connectivity index (χ0v) is 17.9. The second-order valence-corrected chi connectivity index (χ2v) is 6.60. The average molecular weight is 462 g/mol. The lowest BCUT2D eigenvalue weighted by atomic mass is 10.3. The van der Waals surface area contributed by atoms with Gasteiger partial charge in [0.05, 0.1) is 16.4 Å².